The molecule has 1 saturated heterocycles. The Bertz CT molecular complexity index is 515. The summed E-state index contributed by atoms with van der Waals surface area (Å²) in [5.41, 5.74) is 5.83. The summed E-state index contributed by atoms with van der Waals surface area (Å²) in [5.74, 6) is 0.627. The first-order valence-electron chi connectivity index (χ1n) is 6.75. The van der Waals surface area contributed by atoms with Crippen LogP contribution in [0.15, 0.2) is 0 Å². The van der Waals surface area contributed by atoms with Crippen molar-refractivity contribution in [2.45, 2.75) is 6.42 Å². The van der Waals surface area contributed by atoms with Crippen molar-refractivity contribution in [1.82, 2.24) is 10.3 Å². The molecular formula is C12H20N4O3S2. The first-order chi connectivity index (χ1) is 10.1. The quantitative estimate of drug-likeness (QED) is 0.715. The van der Waals surface area contributed by atoms with Crippen LogP contribution in [0.4, 0.5) is 10.9 Å². The SMILES string of the molecule is CS(=O)CCCNC(=O)c1sc(N2CCOCC2)nc1N. The molecule has 1 amide bonds. The standard InChI is InChI=1S/C12H20N4O3S2/c1-21(18)8-2-3-14-11(17)9-10(13)15-12(20-9)16-4-6-19-7-5-16/h2-8,13H2,1H3,(H,14,17). The Balaban J connectivity index is 1.91. The van der Waals surface area contributed by atoms with E-state index in [0.29, 0.717) is 36.8 Å². The highest BCUT2D eigenvalue weighted by atomic mass is 32.2. The van der Waals surface area contributed by atoms with Gasteiger partial charge in [-0.2, -0.15) is 0 Å². The molecule has 1 fully saturated rings. The topological polar surface area (TPSA) is 97.5 Å². The zero-order valence-electron chi connectivity index (χ0n) is 12.0. The van der Waals surface area contributed by atoms with Gasteiger partial charge in [-0.3, -0.25) is 9.00 Å². The van der Waals surface area contributed by atoms with Crippen molar-refractivity contribution in [2.24, 2.45) is 0 Å². The Labute approximate surface area is 130 Å². The van der Waals surface area contributed by atoms with Crippen molar-refractivity contribution in [3.63, 3.8) is 0 Å². The van der Waals surface area contributed by atoms with E-state index in [0.717, 1.165) is 18.2 Å². The van der Waals surface area contributed by atoms with Gasteiger partial charge in [0.05, 0.1) is 13.2 Å². The van der Waals surface area contributed by atoms with Crippen LogP contribution in [0.1, 0.15) is 16.1 Å². The van der Waals surface area contributed by atoms with E-state index in [1.165, 1.54) is 11.3 Å². The number of hydrogen-bond donors (Lipinski definition) is 2. The third kappa shape index (κ3) is 4.65. The van der Waals surface area contributed by atoms with Crippen molar-refractivity contribution >= 4 is 39.0 Å². The summed E-state index contributed by atoms with van der Waals surface area (Å²) in [4.78, 5) is 18.8. The number of carbonyl (C=O) groups is 1. The van der Waals surface area contributed by atoms with Crippen molar-refractivity contribution in [3.05, 3.63) is 4.88 Å². The van der Waals surface area contributed by atoms with Crippen LogP contribution >= 0.6 is 11.3 Å². The fraction of sp³-hybridized carbons (Fsp3) is 0.667. The van der Waals surface area contributed by atoms with E-state index >= 15 is 0 Å². The van der Waals surface area contributed by atoms with E-state index in [9.17, 15) is 9.00 Å². The lowest BCUT2D eigenvalue weighted by Crippen LogP contribution is -2.36. The molecule has 118 valence electrons. The summed E-state index contributed by atoms with van der Waals surface area (Å²) in [6, 6.07) is 0. The molecule has 0 radical (unpaired) electrons. The average molecular weight is 332 g/mol. The number of nitrogens with two attached hydrogens (primary N) is 1. The van der Waals surface area contributed by atoms with Crippen molar-refractivity contribution in [1.29, 1.82) is 0 Å². The molecule has 3 N–H and O–H groups in total. The summed E-state index contributed by atoms with van der Waals surface area (Å²) in [7, 11) is -0.833. The van der Waals surface area contributed by atoms with Crippen molar-refractivity contribution in [2.75, 3.05) is 55.5 Å². The first kappa shape index (κ1) is 16.2. The molecule has 2 rings (SSSR count). The van der Waals surface area contributed by atoms with Crippen LogP contribution in [-0.4, -0.2) is 60.0 Å². The highest BCUT2D eigenvalue weighted by Gasteiger charge is 2.20. The Hall–Kier alpha value is -1.19. The number of nitrogens with one attached hydrogen (secondary N) is 1. The van der Waals surface area contributed by atoms with Gasteiger partial charge < -0.3 is 20.7 Å². The number of rotatable bonds is 6. The lowest BCUT2D eigenvalue weighted by Gasteiger charge is -2.25. The number of morpholine rings is 1. The molecule has 7 nitrogen and oxygen atoms in total. The van der Waals surface area contributed by atoms with Crippen LogP contribution in [0.25, 0.3) is 0 Å². The molecule has 0 aliphatic carbocycles. The van der Waals surface area contributed by atoms with Gasteiger partial charge in [-0.15, -0.1) is 0 Å². The van der Waals surface area contributed by atoms with Gasteiger partial charge >= 0.3 is 0 Å². The Kier molecular flexibility index (Phi) is 5.95. The fourth-order valence-electron chi connectivity index (χ4n) is 1.93. The molecule has 1 atom stereocenters. The lowest BCUT2D eigenvalue weighted by molar-refractivity contribution is 0.0958. The van der Waals surface area contributed by atoms with Crippen molar-refractivity contribution < 1.29 is 13.7 Å². The maximum atomic E-state index is 12.1. The van der Waals surface area contributed by atoms with E-state index in [-0.39, 0.29) is 11.7 Å². The molecule has 0 saturated carbocycles. The summed E-state index contributed by atoms with van der Waals surface area (Å²) in [6.45, 7) is 3.33. The number of thiazole rings is 1. The van der Waals surface area contributed by atoms with Crippen LogP contribution in [0.3, 0.4) is 0 Å². The van der Waals surface area contributed by atoms with E-state index in [2.05, 4.69) is 15.2 Å². The minimum atomic E-state index is -0.833. The van der Waals surface area contributed by atoms with Gasteiger partial charge in [0.2, 0.25) is 0 Å². The van der Waals surface area contributed by atoms with Crippen LogP contribution in [0, 0.1) is 0 Å². The minimum Gasteiger partial charge on any atom is -0.382 e. The van der Waals surface area contributed by atoms with Gasteiger partial charge in [0.1, 0.15) is 10.7 Å². The molecule has 2 heterocycles. The monoisotopic (exact) mass is 332 g/mol. The second-order valence-corrected chi connectivity index (χ2v) is 7.23. The highest BCUT2D eigenvalue weighted by Crippen LogP contribution is 2.28. The molecule has 1 aliphatic rings. The molecule has 21 heavy (non-hydrogen) atoms. The van der Waals surface area contributed by atoms with Crippen LogP contribution in [0.5, 0.6) is 0 Å². The smallest absolute Gasteiger partial charge is 0.265 e. The zero-order valence-corrected chi connectivity index (χ0v) is 13.6. The number of ether oxygens (including phenoxy) is 1. The number of carbonyl (C=O) groups excluding carboxylic acids is 1. The van der Waals surface area contributed by atoms with Crippen LogP contribution in [-0.2, 0) is 15.5 Å². The maximum Gasteiger partial charge on any atom is 0.265 e. The Morgan fingerprint density at radius 1 is 1.52 bits per heavy atom. The molecule has 0 aromatic carbocycles. The van der Waals surface area contributed by atoms with Crippen LogP contribution in [0.2, 0.25) is 0 Å². The molecule has 9 heteroatoms. The third-order valence-corrected chi connectivity index (χ3v) is 5.02. The van der Waals surface area contributed by atoms with E-state index in [4.69, 9.17) is 10.5 Å². The van der Waals surface area contributed by atoms with Crippen molar-refractivity contribution in [3.8, 4) is 0 Å². The fourth-order valence-corrected chi connectivity index (χ4v) is 3.43. The summed E-state index contributed by atoms with van der Waals surface area (Å²) >= 11 is 1.30. The number of aromatic nitrogens is 1. The number of nitrogen functional groups attached to an aromatic ring is 1. The molecular weight excluding hydrogens is 312 g/mol. The van der Waals surface area contributed by atoms with Gasteiger partial charge in [-0.05, 0) is 6.42 Å². The molecule has 1 unspecified atom stereocenters. The average Bonchev–Trinajstić information content (AvgIpc) is 2.86. The van der Waals surface area contributed by atoms with Crippen LogP contribution < -0.4 is 16.0 Å². The van der Waals surface area contributed by atoms with Gasteiger partial charge in [0, 0.05) is 42.4 Å². The largest absolute Gasteiger partial charge is 0.382 e. The minimum absolute atomic E-state index is 0.216. The number of nitrogens with zero attached hydrogens (tertiary/aromatic N) is 2. The summed E-state index contributed by atoms with van der Waals surface area (Å²) in [6.07, 6.45) is 2.33. The van der Waals surface area contributed by atoms with Gasteiger partial charge in [-0.1, -0.05) is 11.3 Å². The second kappa shape index (κ2) is 7.71. The van der Waals surface area contributed by atoms with E-state index in [1.54, 1.807) is 6.26 Å². The molecule has 0 bridgehead atoms. The molecule has 1 aromatic heterocycles. The molecule has 1 aliphatic heterocycles. The van der Waals surface area contributed by atoms with E-state index in [1.807, 2.05) is 0 Å². The summed E-state index contributed by atoms with van der Waals surface area (Å²) in [5, 5.41) is 3.55. The zero-order chi connectivity index (χ0) is 15.2. The van der Waals surface area contributed by atoms with Gasteiger partial charge in [0.15, 0.2) is 5.13 Å². The number of anilines is 2. The second-order valence-electron chi connectivity index (χ2n) is 4.70. The Morgan fingerprint density at radius 2 is 2.24 bits per heavy atom. The third-order valence-electron chi connectivity index (χ3n) is 3.02. The molecule has 0 spiro atoms. The normalized spacial score (nSPS) is 16.7. The number of hydrogen-bond acceptors (Lipinski definition) is 7. The Morgan fingerprint density at radius 3 is 2.90 bits per heavy atom. The van der Waals surface area contributed by atoms with Gasteiger partial charge in [-0.25, -0.2) is 4.98 Å². The maximum absolute atomic E-state index is 12.1. The predicted molar refractivity (Wildman–Crippen MR) is 85.4 cm³/mol. The number of amides is 1. The highest BCUT2D eigenvalue weighted by molar-refractivity contribution is 7.84. The first-order valence-corrected chi connectivity index (χ1v) is 9.29. The summed E-state index contributed by atoms with van der Waals surface area (Å²) < 4.78 is 16.2. The van der Waals surface area contributed by atoms with E-state index < -0.39 is 10.8 Å². The predicted octanol–water partition coefficient (Wildman–Crippen LogP) is 0.0603. The molecule has 1 aromatic rings. The van der Waals surface area contributed by atoms with Gasteiger partial charge in [0.25, 0.3) is 5.91 Å². The lowest BCUT2D eigenvalue weighted by atomic mass is 10.4.